The second-order valence-corrected chi connectivity index (χ2v) is 4.51. The van der Waals surface area contributed by atoms with E-state index in [1.54, 1.807) is 31.4 Å². The number of nitrogens with one attached hydrogen (secondary N) is 2. The molecule has 0 bridgehead atoms. The van der Waals surface area contributed by atoms with Gasteiger partial charge in [-0.25, -0.2) is 0 Å². The van der Waals surface area contributed by atoms with Gasteiger partial charge in [-0.1, -0.05) is 25.8 Å². The highest BCUT2D eigenvalue weighted by molar-refractivity contribution is 6.03. The number of rotatable bonds is 8. The molecule has 2 amide bonds. The zero-order valence-electron chi connectivity index (χ0n) is 12.1. The lowest BCUT2D eigenvalue weighted by atomic mass is 10.2. The molecule has 1 rings (SSSR count). The van der Waals surface area contributed by atoms with Gasteiger partial charge in [-0.05, 0) is 18.6 Å². The number of anilines is 1. The summed E-state index contributed by atoms with van der Waals surface area (Å²) >= 11 is 0. The highest BCUT2D eigenvalue weighted by Crippen LogP contribution is 2.16. The zero-order valence-corrected chi connectivity index (χ0v) is 12.1. The molecule has 0 aliphatic rings. The van der Waals surface area contributed by atoms with Gasteiger partial charge in [0.15, 0.2) is 0 Å². The maximum absolute atomic E-state index is 11.7. The van der Waals surface area contributed by atoms with E-state index in [1.807, 2.05) is 0 Å². The molecule has 0 spiro atoms. The van der Waals surface area contributed by atoms with Crippen molar-refractivity contribution in [3.63, 3.8) is 0 Å². The predicted molar refractivity (Wildman–Crippen MR) is 78.8 cm³/mol. The molecule has 110 valence electrons. The third kappa shape index (κ3) is 6.22. The maximum atomic E-state index is 11.7. The van der Waals surface area contributed by atoms with E-state index in [0.717, 1.165) is 19.3 Å². The van der Waals surface area contributed by atoms with Gasteiger partial charge < -0.3 is 15.4 Å². The summed E-state index contributed by atoms with van der Waals surface area (Å²) < 4.78 is 5.06. The van der Waals surface area contributed by atoms with Gasteiger partial charge in [0.2, 0.25) is 11.8 Å². The molecule has 2 N–H and O–H groups in total. The molecule has 5 heteroatoms. The average molecular weight is 278 g/mol. The van der Waals surface area contributed by atoms with E-state index in [1.165, 1.54) is 0 Å². The van der Waals surface area contributed by atoms with Crippen LogP contribution in [0.2, 0.25) is 0 Å². The number of amides is 2. The lowest BCUT2D eigenvalue weighted by Crippen LogP contribution is -2.28. The SMILES string of the molecule is CCCCCNC(=O)CC(=O)Nc1cccc(OC)c1. The molecule has 0 heterocycles. The molecule has 1 aromatic rings. The predicted octanol–water partition coefficient (Wildman–Crippen LogP) is 2.33. The minimum Gasteiger partial charge on any atom is -0.497 e. The molecule has 5 nitrogen and oxygen atoms in total. The smallest absolute Gasteiger partial charge is 0.233 e. The number of hydrogen-bond donors (Lipinski definition) is 2. The summed E-state index contributed by atoms with van der Waals surface area (Å²) in [6.45, 7) is 2.72. The summed E-state index contributed by atoms with van der Waals surface area (Å²) in [5.41, 5.74) is 0.619. The van der Waals surface area contributed by atoms with Crippen LogP contribution in [0.4, 0.5) is 5.69 Å². The van der Waals surface area contributed by atoms with Crippen molar-refractivity contribution >= 4 is 17.5 Å². The molecule has 0 saturated carbocycles. The first kappa shape index (κ1) is 16.0. The summed E-state index contributed by atoms with van der Waals surface area (Å²) in [4.78, 5) is 23.2. The van der Waals surface area contributed by atoms with E-state index in [9.17, 15) is 9.59 Å². The van der Waals surface area contributed by atoms with Gasteiger partial charge in [0.1, 0.15) is 12.2 Å². The number of carbonyl (C=O) groups excluding carboxylic acids is 2. The largest absolute Gasteiger partial charge is 0.497 e. The first-order valence-corrected chi connectivity index (χ1v) is 6.86. The van der Waals surface area contributed by atoms with Crippen LogP contribution in [0, 0.1) is 0 Å². The molecule has 20 heavy (non-hydrogen) atoms. The van der Waals surface area contributed by atoms with Gasteiger partial charge in [-0.2, -0.15) is 0 Å². The van der Waals surface area contributed by atoms with Crippen molar-refractivity contribution in [2.24, 2.45) is 0 Å². The van der Waals surface area contributed by atoms with Gasteiger partial charge in [0, 0.05) is 18.3 Å². The highest BCUT2D eigenvalue weighted by atomic mass is 16.5. The monoisotopic (exact) mass is 278 g/mol. The van der Waals surface area contributed by atoms with Crippen LogP contribution in [-0.2, 0) is 9.59 Å². The van der Waals surface area contributed by atoms with Crippen molar-refractivity contribution in [1.82, 2.24) is 5.32 Å². The second-order valence-electron chi connectivity index (χ2n) is 4.51. The van der Waals surface area contributed by atoms with Gasteiger partial charge in [0.05, 0.1) is 7.11 Å². The number of ether oxygens (including phenoxy) is 1. The Balaban J connectivity index is 2.33. The molecule has 0 aromatic heterocycles. The Labute approximate surface area is 119 Å². The van der Waals surface area contributed by atoms with Crippen molar-refractivity contribution in [1.29, 1.82) is 0 Å². The van der Waals surface area contributed by atoms with Gasteiger partial charge in [-0.15, -0.1) is 0 Å². The minimum atomic E-state index is -0.328. The maximum Gasteiger partial charge on any atom is 0.233 e. The van der Waals surface area contributed by atoms with E-state index >= 15 is 0 Å². The Morgan fingerprint density at radius 2 is 2.00 bits per heavy atom. The number of carbonyl (C=O) groups is 2. The van der Waals surface area contributed by atoms with Gasteiger partial charge >= 0.3 is 0 Å². The number of hydrogen-bond acceptors (Lipinski definition) is 3. The molecule has 0 aliphatic heterocycles. The van der Waals surface area contributed by atoms with E-state index in [4.69, 9.17) is 4.74 Å². The average Bonchev–Trinajstić information content (AvgIpc) is 2.43. The minimum absolute atomic E-state index is 0.163. The summed E-state index contributed by atoms with van der Waals surface area (Å²) in [7, 11) is 1.56. The van der Waals surface area contributed by atoms with E-state index in [-0.39, 0.29) is 18.2 Å². The second kappa shape index (κ2) is 8.96. The van der Waals surface area contributed by atoms with Crippen LogP contribution in [-0.4, -0.2) is 25.5 Å². The normalized spacial score (nSPS) is 9.90. The number of benzene rings is 1. The fraction of sp³-hybridized carbons (Fsp3) is 0.467. The summed E-state index contributed by atoms with van der Waals surface area (Å²) in [6.07, 6.45) is 2.96. The van der Waals surface area contributed by atoms with Gasteiger partial charge in [-0.3, -0.25) is 9.59 Å². The van der Waals surface area contributed by atoms with Crippen molar-refractivity contribution < 1.29 is 14.3 Å². The fourth-order valence-electron chi connectivity index (χ4n) is 1.72. The van der Waals surface area contributed by atoms with Crippen LogP contribution < -0.4 is 15.4 Å². The zero-order chi connectivity index (χ0) is 14.8. The molecule has 0 atom stereocenters. The van der Waals surface area contributed by atoms with Crippen molar-refractivity contribution in [3.05, 3.63) is 24.3 Å². The summed E-state index contributed by atoms with van der Waals surface area (Å²) in [6, 6.07) is 7.02. The molecule has 1 aromatic carbocycles. The van der Waals surface area contributed by atoms with Crippen LogP contribution in [0.5, 0.6) is 5.75 Å². The first-order chi connectivity index (χ1) is 9.65. The Bertz CT molecular complexity index is 446. The quantitative estimate of drug-likeness (QED) is 0.566. The van der Waals surface area contributed by atoms with Crippen molar-refractivity contribution in [2.75, 3.05) is 19.0 Å². The lowest BCUT2D eigenvalue weighted by molar-refractivity contribution is -0.126. The lowest BCUT2D eigenvalue weighted by Gasteiger charge is -2.07. The Morgan fingerprint density at radius 3 is 2.70 bits per heavy atom. The van der Waals surface area contributed by atoms with E-state index in [2.05, 4.69) is 17.6 Å². The van der Waals surface area contributed by atoms with Crippen LogP contribution in [0.25, 0.3) is 0 Å². The Morgan fingerprint density at radius 1 is 1.20 bits per heavy atom. The first-order valence-electron chi connectivity index (χ1n) is 6.86. The molecule has 0 saturated heterocycles. The molecular weight excluding hydrogens is 256 g/mol. The third-order valence-corrected chi connectivity index (χ3v) is 2.78. The van der Waals surface area contributed by atoms with Gasteiger partial charge in [0.25, 0.3) is 0 Å². The van der Waals surface area contributed by atoms with E-state index in [0.29, 0.717) is 18.0 Å². The molecule has 0 unspecified atom stereocenters. The van der Waals surface area contributed by atoms with E-state index < -0.39 is 0 Å². The topological polar surface area (TPSA) is 67.4 Å². The standard InChI is InChI=1S/C15H22N2O3/c1-3-4-5-9-16-14(18)11-15(19)17-12-7-6-8-13(10-12)20-2/h6-8,10H,3-5,9,11H2,1-2H3,(H,16,18)(H,17,19). The van der Waals surface area contributed by atoms with Crippen LogP contribution in [0.3, 0.4) is 0 Å². The van der Waals surface area contributed by atoms with Crippen molar-refractivity contribution in [2.45, 2.75) is 32.6 Å². The highest BCUT2D eigenvalue weighted by Gasteiger charge is 2.09. The van der Waals surface area contributed by atoms with Crippen LogP contribution >= 0.6 is 0 Å². The summed E-state index contributed by atoms with van der Waals surface area (Å²) in [5, 5.41) is 5.40. The molecule has 0 aliphatic carbocycles. The number of methoxy groups -OCH3 is 1. The fourth-order valence-corrected chi connectivity index (χ4v) is 1.72. The third-order valence-electron chi connectivity index (χ3n) is 2.78. The Hall–Kier alpha value is -2.04. The summed E-state index contributed by atoms with van der Waals surface area (Å²) in [5.74, 6) is 0.0829. The van der Waals surface area contributed by atoms with Crippen LogP contribution in [0.15, 0.2) is 24.3 Å². The molecular formula is C15H22N2O3. The molecule has 0 radical (unpaired) electrons. The molecule has 0 fully saturated rings. The Kier molecular flexibility index (Phi) is 7.17. The van der Waals surface area contributed by atoms with Crippen molar-refractivity contribution in [3.8, 4) is 5.75 Å². The number of unbranched alkanes of at least 4 members (excludes halogenated alkanes) is 2. The van der Waals surface area contributed by atoms with Crippen LogP contribution in [0.1, 0.15) is 32.6 Å².